The van der Waals surface area contributed by atoms with Crippen LogP contribution in [-0.2, 0) is 4.74 Å². The summed E-state index contributed by atoms with van der Waals surface area (Å²) in [5.41, 5.74) is 2.27. The zero-order valence-electron chi connectivity index (χ0n) is 29.3. The number of alkyl halides is 2. The number of aliphatic hydroxyl groups is 1. The van der Waals surface area contributed by atoms with E-state index < -0.39 is 30.1 Å². The molecule has 1 unspecified atom stereocenters. The van der Waals surface area contributed by atoms with Crippen molar-refractivity contribution in [3.63, 3.8) is 0 Å². The van der Waals surface area contributed by atoms with Crippen LogP contribution in [0.1, 0.15) is 71.4 Å². The van der Waals surface area contributed by atoms with Gasteiger partial charge in [0, 0.05) is 73.6 Å². The molecule has 1 N–H and O–H groups in total. The van der Waals surface area contributed by atoms with Crippen LogP contribution >= 0.6 is 0 Å². The monoisotopic (exact) mass is 678 g/mol. The van der Waals surface area contributed by atoms with Crippen LogP contribution in [0, 0.1) is 12.8 Å². The van der Waals surface area contributed by atoms with Crippen LogP contribution in [0.2, 0.25) is 0 Å². The van der Waals surface area contributed by atoms with Crippen molar-refractivity contribution in [3.05, 3.63) is 46.3 Å². The molecule has 49 heavy (non-hydrogen) atoms. The second-order valence-corrected chi connectivity index (χ2v) is 14.7. The third-order valence-electron chi connectivity index (χ3n) is 9.96. The number of piperidine rings is 1. The zero-order chi connectivity index (χ0) is 35.1. The van der Waals surface area contributed by atoms with Crippen molar-refractivity contribution in [1.29, 1.82) is 0 Å². The fraction of sp³-hybridized carbons (Fsp3) is 0.583. The van der Waals surface area contributed by atoms with Crippen LogP contribution in [-0.4, -0.2) is 97.9 Å². The van der Waals surface area contributed by atoms with Crippen LogP contribution in [0.15, 0.2) is 29.5 Å². The summed E-state index contributed by atoms with van der Waals surface area (Å²) in [5.74, 6) is -2.32. The van der Waals surface area contributed by atoms with Gasteiger partial charge in [0.25, 0.3) is 11.5 Å². The maximum atomic E-state index is 15.1. The van der Waals surface area contributed by atoms with E-state index in [9.17, 15) is 9.90 Å². The summed E-state index contributed by atoms with van der Waals surface area (Å²) in [4.78, 5) is 36.4. The smallest absolute Gasteiger partial charge is 0.410 e. The molecule has 5 aliphatic rings. The van der Waals surface area contributed by atoms with Crippen molar-refractivity contribution in [3.8, 4) is 11.4 Å². The molecule has 1 atom stereocenters. The highest BCUT2D eigenvalue weighted by Crippen LogP contribution is 2.35. The highest BCUT2D eigenvalue weighted by atomic mass is 19.3. The number of halogens is 2. The van der Waals surface area contributed by atoms with E-state index in [1.165, 1.54) is 0 Å². The summed E-state index contributed by atoms with van der Waals surface area (Å²) >= 11 is 0. The molecule has 1 aliphatic carbocycles. The predicted octanol–water partition coefficient (Wildman–Crippen LogP) is 4.54. The highest BCUT2D eigenvalue weighted by molar-refractivity contribution is 5.68. The van der Waals surface area contributed by atoms with E-state index in [2.05, 4.69) is 35.9 Å². The van der Waals surface area contributed by atoms with Crippen molar-refractivity contribution in [2.24, 2.45) is 10.9 Å². The Hall–Kier alpha value is -4.13. The summed E-state index contributed by atoms with van der Waals surface area (Å²) in [6.45, 7) is 15.8. The molecule has 11 nitrogen and oxygen atoms in total. The number of aliphatic hydroxyl groups excluding tert-OH is 1. The fourth-order valence-corrected chi connectivity index (χ4v) is 7.43. The zero-order valence-corrected chi connectivity index (χ0v) is 29.3. The molecule has 0 radical (unpaired) electrons. The average molecular weight is 679 g/mol. The summed E-state index contributed by atoms with van der Waals surface area (Å²) in [5, 5.41) is 12.0. The van der Waals surface area contributed by atoms with E-state index in [0.717, 1.165) is 63.8 Å². The molecule has 2 saturated heterocycles. The first kappa shape index (κ1) is 34.7. The van der Waals surface area contributed by atoms with Gasteiger partial charge < -0.3 is 24.2 Å². The number of likely N-dealkylation sites (tertiary alicyclic amines) is 1. The van der Waals surface area contributed by atoms with E-state index in [-0.39, 0.29) is 24.8 Å². The van der Waals surface area contributed by atoms with E-state index in [4.69, 9.17) is 9.72 Å². The topological polar surface area (TPSA) is 112 Å². The van der Waals surface area contributed by atoms with Gasteiger partial charge in [0.2, 0.25) is 0 Å². The van der Waals surface area contributed by atoms with E-state index in [1.807, 2.05) is 19.1 Å². The van der Waals surface area contributed by atoms with Gasteiger partial charge in [0.05, 0.1) is 24.2 Å². The molecule has 13 heteroatoms. The lowest BCUT2D eigenvalue weighted by atomic mass is 9.92. The van der Waals surface area contributed by atoms with Crippen LogP contribution < -0.4 is 21.1 Å². The third-order valence-corrected chi connectivity index (χ3v) is 9.96. The minimum absolute atomic E-state index is 0.231. The number of carbonyl (C=O) groups excluding carboxylic acids is 1. The van der Waals surface area contributed by atoms with E-state index >= 15 is 8.78 Å². The first-order valence-corrected chi connectivity index (χ1v) is 17.3. The molecule has 1 aromatic rings. The summed E-state index contributed by atoms with van der Waals surface area (Å²) in [6, 6.07) is 4.06. The predicted molar refractivity (Wildman–Crippen MR) is 184 cm³/mol. The summed E-state index contributed by atoms with van der Waals surface area (Å²) in [6.07, 6.45) is 7.45. The number of piperazine rings is 1. The SMILES string of the molecule is C=c1/c(=C(\C)O)c(C)c2cnc(=Nc3ccc(N4CCN(CC5CCN(C(=O)OC(C)(C)C)CC5(F)F)CC4)cn3)nc-2n1C1CCCC1. The van der Waals surface area contributed by atoms with Gasteiger partial charge in [-0.15, -0.1) is 0 Å². The van der Waals surface area contributed by atoms with Gasteiger partial charge in [0.1, 0.15) is 11.4 Å². The van der Waals surface area contributed by atoms with Gasteiger partial charge in [-0.3, -0.25) is 4.90 Å². The van der Waals surface area contributed by atoms with Gasteiger partial charge >= 0.3 is 6.09 Å². The number of anilines is 1. The number of aromatic nitrogens is 4. The fourth-order valence-electron chi connectivity index (χ4n) is 7.43. The largest absolute Gasteiger partial charge is 0.512 e. The van der Waals surface area contributed by atoms with Crippen LogP contribution in [0.4, 0.5) is 25.1 Å². The van der Waals surface area contributed by atoms with Crippen molar-refractivity contribution in [1.82, 2.24) is 29.3 Å². The molecule has 1 saturated carbocycles. The molecule has 4 aliphatic heterocycles. The number of pyridine rings is 2. The summed E-state index contributed by atoms with van der Waals surface area (Å²) < 4.78 is 37.7. The second-order valence-electron chi connectivity index (χ2n) is 14.7. The Morgan fingerprint density at radius 1 is 1.08 bits per heavy atom. The lowest BCUT2D eigenvalue weighted by molar-refractivity contribution is -0.117. The highest BCUT2D eigenvalue weighted by Gasteiger charge is 2.47. The second kappa shape index (κ2) is 13.6. The number of ether oxygens (including phenoxy) is 1. The van der Waals surface area contributed by atoms with Crippen LogP contribution in [0.3, 0.4) is 0 Å². The number of fused-ring (bicyclic) bond motifs is 1. The normalized spacial score (nSPS) is 21.8. The van der Waals surface area contributed by atoms with Crippen LogP contribution in [0.25, 0.3) is 23.7 Å². The quantitative estimate of drug-likeness (QED) is 0.419. The molecule has 6 rings (SSSR count). The number of hydrogen-bond acceptors (Lipinski definition) is 9. The first-order valence-electron chi connectivity index (χ1n) is 17.3. The van der Waals surface area contributed by atoms with Gasteiger partial charge in [-0.25, -0.2) is 23.5 Å². The lowest BCUT2D eigenvalue weighted by Gasteiger charge is -2.42. The Kier molecular flexibility index (Phi) is 9.67. The number of nitrogens with zero attached hydrogens (tertiary/aromatic N) is 8. The number of amides is 1. The maximum Gasteiger partial charge on any atom is 0.410 e. The molecular formula is C36H48F2N8O3. The molecule has 264 valence electrons. The molecule has 0 bridgehead atoms. The van der Waals surface area contributed by atoms with E-state index in [0.29, 0.717) is 44.2 Å². The average Bonchev–Trinajstić information content (AvgIpc) is 3.56. The Morgan fingerprint density at radius 3 is 2.41 bits per heavy atom. The van der Waals surface area contributed by atoms with Gasteiger partial charge in [-0.05, 0) is 71.6 Å². The minimum Gasteiger partial charge on any atom is -0.512 e. The summed E-state index contributed by atoms with van der Waals surface area (Å²) in [7, 11) is 0. The van der Waals surface area contributed by atoms with Crippen molar-refractivity contribution >= 4 is 29.9 Å². The van der Waals surface area contributed by atoms with Gasteiger partial charge in [-0.1, -0.05) is 19.4 Å². The third kappa shape index (κ3) is 7.56. The molecule has 0 aromatic carbocycles. The Labute approximate surface area is 286 Å². The standard InChI is InChI=1S/C36H48F2N8O3/c1-23-29-20-40-33(42-32(29)46(27-9-7-8-10-27)24(2)31(23)25(3)47)41-30-12-11-28(19-39-30)44-17-15-43(16-18-44)21-26-13-14-45(22-36(26,37)38)34(48)49-35(4,5)6/h11-12,19-20,26-27,47H,2,7-10,13-18,21-22H2,1,3-6H3/b31-25+,41-33?. The Bertz CT molecular complexity index is 1820. The van der Waals surface area contributed by atoms with Crippen molar-refractivity contribution in [2.75, 3.05) is 50.7 Å². The number of rotatable bonds is 5. The Morgan fingerprint density at radius 2 is 1.80 bits per heavy atom. The van der Waals surface area contributed by atoms with Gasteiger partial charge in [0.15, 0.2) is 5.82 Å². The minimum atomic E-state index is -2.98. The molecule has 1 aromatic heterocycles. The Balaban J connectivity index is 1.11. The van der Waals surface area contributed by atoms with E-state index in [1.54, 1.807) is 40.1 Å². The number of carbonyl (C=O) groups is 1. The maximum absolute atomic E-state index is 15.1. The molecule has 3 fully saturated rings. The van der Waals surface area contributed by atoms with Crippen molar-refractivity contribution in [2.45, 2.75) is 84.3 Å². The number of hydrogen-bond donors (Lipinski definition) is 1. The van der Waals surface area contributed by atoms with Gasteiger partial charge in [-0.2, -0.15) is 9.98 Å². The molecule has 1 amide bonds. The van der Waals surface area contributed by atoms with Crippen LogP contribution in [0.5, 0.6) is 0 Å². The molecule has 5 heterocycles. The lowest BCUT2D eigenvalue weighted by Crippen LogP contribution is -2.56. The molecule has 0 spiro atoms. The van der Waals surface area contributed by atoms with Crippen molar-refractivity contribution < 1.29 is 23.4 Å². The first-order chi connectivity index (χ1) is 23.2. The molecular weight excluding hydrogens is 630 g/mol.